The molecule has 0 fully saturated rings. The standard InChI is InChI=1S/C53H35N7/c1-5-15-37(16-6-1)48-55-49(38-17-7-2-8-18-38)58-52(57-48)44-25-13-23-42(33-44)46-28-27-41(36-29-31-54-32-30-36)35-47(46)43-24-14-26-45(34-43)53-59-50(39-19-9-3-10-20-39)56-51(60-53)40-21-11-4-12-22-40/h1-35H. The van der Waals surface area contributed by atoms with Crippen LogP contribution in [0.5, 0.6) is 0 Å². The fraction of sp³-hybridized carbons (Fsp3) is 0. The fourth-order valence-corrected chi connectivity index (χ4v) is 7.29. The molecule has 7 nitrogen and oxygen atoms in total. The third-order valence-corrected chi connectivity index (χ3v) is 10.3. The summed E-state index contributed by atoms with van der Waals surface area (Å²) in [5, 5.41) is 0. The van der Waals surface area contributed by atoms with Gasteiger partial charge in [0.1, 0.15) is 0 Å². The van der Waals surface area contributed by atoms with Gasteiger partial charge in [0.25, 0.3) is 0 Å². The van der Waals surface area contributed by atoms with E-state index in [2.05, 4.69) is 71.7 Å². The van der Waals surface area contributed by atoms with Gasteiger partial charge in [0.2, 0.25) is 0 Å². The van der Waals surface area contributed by atoms with Crippen molar-refractivity contribution in [3.63, 3.8) is 0 Å². The molecule has 0 bridgehead atoms. The van der Waals surface area contributed by atoms with Crippen molar-refractivity contribution in [3.05, 3.63) is 213 Å². The van der Waals surface area contributed by atoms with Crippen molar-refractivity contribution in [2.45, 2.75) is 0 Å². The molecule has 0 atom stereocenters. The predicted octanol–water partition coefficient (Wildman–Crippen LogP) is 12.5. The molecule has 0 aliphatic carbocycles. The third kappa shape index (κ3) is 7.58. The van der Waals surface area contributed by atoms with Gasteiger partial charge in [0.05, 0.1) is 0 Å². The minimum absolute atomic E-state index is 0.594. The van der Waals surface area contributed by atoms with Crippen LogP contribution in [0.4, 0.5) is 0 Å². The van der Waals surface area contributed by atoms with E-state index in [0.29, 0.717) is 34.9 Å². The average Bonchev–Trinajstić information content (AvgIpc) is 3.35. The normalized spacial score (nSPS) is 11.0. The lowest BCUT2D eigenvalue weighted by molar-refractivity contribution is 1.07. The lowest BCUT2D eigenvalue weighted by Gasteiger charge is -2.15. The molecule has 0 radical (unpaired) electrons. The van der Waals surface area contributed by atoms with Crippen LogP contribution >= 0.6 is 0 Å². The molecule has 0 aliphatic rings. The van der Waals surface area contributed by atoms with Crippen LogP contribution in [0.1, 0.15) is 0 Å². The molecule has 0 aliphatic heterocycles. The number of benzene rings is 7. The van der Waals surface area contributed by atoms with E-state index in [0.717, 1.165) is 66.8 Å². The summed E-state index contributed by atoms with van der Waals surface area (Å²) < 4.78 is 0. The van der Waals surface area contributed by atoms with Gasteiger partial charge in [0.15, 0.2) is 34.9 Å². The van der Waals surface area contributed by atoms with Crippen LogP contribution in [-0.4, -0.2) is 34.9 Å². The van der Waals surface area contributed by atoms with Crippen LogP contribution < -0.4 is 0 Å². The number of hydrogen-bond acceptors (Lipinski definition) is 7. The molecular weight excluding hydrogens is 735 g/mol. The Labute approximate surface area is 347 Å². The number of pyridine rings is 1. The van der Waals surface area contributed by atoms with Gasteiger partial charge in [-0.1, -0.05) is 170 Å². The number of rotatable bonds is 9. The highest BCUT2D eigenvalue weighted by Crippen LogP contribution is 2.39. The first-order valence-electron chi connectivity index (χ1n) is 19.7. The Hall–Kier alpha value is -8.29. The molecule has 10 rings (SSSR count). The van der Waals surface area contributed by atoms with Crippen molar-refractivity contribution in [3.8, 4) is 102 Å². The van der Waals surface area contributed by atoms with Gasteiger partial charge in [-0.25, -0.2) is 29.9 Å². The van der Waals surface area contributed by atoms with Crippen molar-refractivity contribution in [2.75, 3.05) is 0 Å². The van der Waals surface area contributed by atoms with Crippen molar-refractivity contribution in [2.24, 2.45) is 0 Å². The molecule has 0 saturated heterocycles. The third-order valence-electron chi connectivity index (χ3n) is 10.3. The topological polar surface area (TPSA) is 90.2 Å². The molecule has 3 heterocycles. The maximum atomic E-state index is 5.03. The Morgan fingerprint density at radius 2 is 0.533 bits per heavy atom. The quantitative estimate of drug-likeness (QED) is 0.144. The van der Waals surface area contributed by atoms with E-state index in [-0.39, 0.29) is 0 Å². The summed E-state index contributed by atoms with van der Waals surface area (Å²) in [7, 11) is 0. The van der Waals surface area contributed by atoms with E-state index in [1.165, 1.54) is 0 Å². The van der Waals surface area contributed by atoms with Gasteiger partial charge in [-0.2, -0.15) is 0 Å². The molecule has 3 aromatic heterocycles. The zero-order valence-corrected chi connectivity index (χ0v) is 32.3. The Bertz CT molecular complexity index is 2950. The molecule has 10 aromatic rings. The maximum absolute atomic E-state index is 5.03. The van der Waals surface area contributed by atoms with E-state index < -0.39 is 0 Å². The van der Waals surface area contributed by atoms with Crippen LogP contribution in [0, 0.1) is 0 Å². The minimum Gasteiger partial charge on any atom is -0.265 e. The van der Waals surface area contributed by atoms with Gasteiger partial charge < -0.3 is 0 Å². The van der Waals surface area contributed by atoms with Crippen molar-refractivity contribution >= 4 is 0 Å². The lowest BCUT2D eigenvalue weighted by atomic mass is 9.90. The summed E-state index contributed by atoms with van der Waals surface area (Å²) in [6.07, 6.45) is 3.65. The Morgan fingerprint density at radius 3 is 0.933 bits per heavy atom. The largest absolute Gasteiger partial charge is 0.265 e. The van der Waals surface area contributed by atoms with Crippen molar-refractivity contribution in [1.82, 2.24) is 34.9 Å². The Balaban J connectivity index is 1.11. The van der Waals surface area contributed by atoms with Crippen LogP contribution in [0.3, 0.4) is 0 Å². The van der Waals surface area contributed by atoms with E-state index in [1.807, 2.05) is 146 Å². The maximum Gasteiger partial charge on any atom is 0.164 e. The summed E-state index contributed by atoms with van der Waals surface area (Å²) in [4.78, 5) is 34.2. The zero-order valence-electron chi connectivity index (χ0n) is 32.3. The SMILES string of the molecule is c1ccc(-c2nc(-c3ccccc3)nc(-c3cccc(-c4ccc(-c5ccncc5)cc4-c4cccc(-c5nc(-c6ccccc6)nc(-c6ccccc6)n5)c4)c3)n2)cc1. The second kappa shape index (κ2) is 16.3. The molecule has 0 amide bonds. The van der Waals surface area contributed by atoms with Gasteiger partial charge in [-0.3, -0.25) is 4.98 Å². The Kier molecular flexibility index (Phi) is 9.79. The zero-order chi connectivity index (χ0) is 40.1. The monoisotopic (exact) mass is 769 g/mol. The average molecular weight is 770 g/mol. The first-order valence-corrected chi connectivity index (χ1v) is 19.7. The van der Waals surface area contributed by atoms with Gasteiger partial charge in [-0.15, -0.1) is 0 Å². The highest BCUT2D eigenvalue weighted by atomic mass is 15.0. The molecule has 0 unspecified atom stereocenters. The lowest BCUT2D eigenvalue weighted by Crippen LogP contribution is -2.00. The minimum atomic E-state index is 0.594. The molecular formula is C53H35N7. The van der Waals surface area contributed by atoms with E-state index in [4.69, 9.17) is 29.9 Å². The van der Waals surface area contributed by atoms with E-state index in [9.17, 15) is 0 Å². The Morgan fingerprint density at radius 1 is 0.200 bits per heavy atom. The molecule has 0 N–H and O–H groups in total. The van der Waals surface area contributed by atoms with Crippen LogP contribution in [0.2, 0.25) is 0 Å². The summed E-state index contributed by atoms with van der Waals surface area (Å²) >= 11 is 0. The van der Waals surface area contributed by atoms with Crippen LogP contribution in [0.25, 0.3) is 102 Å². The summed E-state index contributed by atoms with van der Waals surface area (Å²) in [5.74, 6) is 3.66. The second-order valence-corrected chi connectivity index (χ2v) is 14.2. The summed E-state index contributed by atoms with van der Waals surface area (Å²) in [6.45, 7) is 0. The van der Waals surface area contributed by atoms with Gasteiger partial charge in [-0.05, 0) is 63.7 Å². The number of nitrogens with zero attached hydrogens (tertiary/aromatic N) is 7. The molecule has 0 saturated carbocycles. The molecule has 7 heteroatoms. The van der Waals surface area contributed by atoms with Gasteiger partial charge >= 0.3 is 0 Å². The highest BCUT2D eigenvalue weighted by molar-refractivity contribution is 5.89. The van der Waals surface area contributed by atoms with Crippen molar-refractivity contribution in [1.29, 1.82) is 0 Å². The van der Waals surface area contributed by atoms with E-state index in [1.54, 1.807) is 0 Å². The molecule has 7 aromatic carbocycles. The number of hydrogen-bond donors (Lipinski definition) is 0. The number of aromatic nitrogens is 7. The molecule has 60 heavy (non-hydrogen) atoms. The highest BCUT2D eigenvalue weighted by Gasteiger charge is 2.17. The van der Waals surface area contributed by atoms with E-state index >= 15 is 0 Å². The van der Waals surface area contributed by atoms with Crippen LogP contribution in [-0.2, 0) is 0 Å². The summed E-state index contributed by atoms with van der Waals surface area (Å²) in [6, 6.07) is 67.7. The van der Waals surface area contributed by atoms with Gasteiger partial charge in [0, 0.05) is 45.8 Å². The first kappa shape index (κ1) is 36.1. The van der Waals surface area contributed by atoms with Crippen LogP contribution in [0.15, 0.2) is 213 Å². The second-order valence-electron chi connectivity index (χ2n) is 14.2. The molecule has 282 valence electrons. The summed E-state index contributed by atoms with van der Waals surface area (Å²) in [5.41, 5.74) is 11.8. The smallest absolute Gasteiger partial charge is 0.164 e. The predicted molar refractivity (Wildman–Crippen MR) is 240 cm³/mol. The first-order chi connectivity index (χ1) is 29.7. The van der Waals surface area contributed by atoms with Crippen molar-refractivity contribution < 1.29 is 0 Å². The molecule has 0 spiro atoms. The fourth-order valence-electron chi connectivity index (χ4n) is 7.29.